The molecule has 3 heterocycles. The van der Waals surface area contributed by atoms with Crippen LogP contribution in [-0.2, 0) is 0 Å². The molecule has 1 amide bonds. The number of hydrogen-bond acceptors (Lipinski definition) is 5. The second kappa shape index (κ2) is 7.16. The second-order valence-corrected chi connectivity index (χ2v) is 6.93. The number of amides is 1. The average Bonchev–Trinajstić information content (AvgIpc) is 3.33. The SMILES string of the molecule is O=C(NC1CCNCC1)c1nc(-c2cccs2)n(-c2ccccc2)n1. The quantitative estimate of drug-likeness (QED) is 0.756. The van der Waals surface area contributed by atoms with Crippen molar-refractivity contribution in [2.45, 2.75) is 18.9 Å². The second-order valence-electron chi connectivity index (χ2n) is 5.98. The third-order valence-corrected chi connectivity index (χ3v) is 5.09. The Hall–Kier alpha value is -2.51. The van der Waals surface area contributed by atoms with Crippen LogP contribution in [0.3, 0.4) is 0 Å². The predicted molar refractivity (Wildman–Crippen MR) is 98.0 cm³/mol. The van der Waals surface area contributed by atoms with Gasteiger partial charge in [-0.3, -0.25) is 4.79 Å². The molecule has 1 saturated heterocycles. The number of nitrogens with one attached hydrogen (secondary N) is 2. The zero-order valence-electron chi connectivity index (χ0n) is 13.7. The summed E-state index contributed by atoms with van der Waals surface area (Å²) in [6, 6.07) is 13.9. The molecule has 4 rings (SSSR count). The molecular formula is C18H19N5OS. The lowest BCUT2D eigenvalue weighted by Crippen LogP contribution is -2.43. The number of nitrogens with zero attached hydrogens (tertiary/aromatic N) is 3. The molecule has 7 heteroatoms. The Morgan fingerprint density at radius 3 is 2.68 bits per heavy atom. The molecule has 1 aliphatic rings. The third-order valence-electron chi connectivity index (χ3n) is 4.23. The highest BCUT2D eigenvalue weighted by Gasteiger charge is 2.22. The van der Waals surface area contributed by atoms with Crippen molar-refractivity contribution in [2.24, 2.45) is 0 Å². The number of carbonyl (C=O) groups excluding carboxylic acids is 1. The van der Waals surface area contributed by atoms with Gasteiger partial charge in [-0.2, -0.15) is 0 Å². The number of para-hydroxylation sites is 1. The molecule has 0 radical (unpaired) electrons. The molecule has 2 N–H and O–H groups in total. The first-order chi connectivity index (χ1) is 12.3. The molecule has 0 saturated carbocycles. The number of aromatic nitrogens is 3. The lowest BCUT2D eigenvalue weighted by molar-refractivity contribution is 0.0919. The van der Waals surface area contributed by atoms with E-state index in [1.165, 1.54) is 0 Å². The minimum atomic E-state index is -0.209. The van der Waals surface area contributed by atoms with E-state index in [4.69, 9.17) is 0 Å². The smallest absolute Gasteiger partial charge is 0.291 e. The average molecular weight is 353 g/mol. The maximum Gasteiger partial charge on any atom is 0.291 e. The van der Waals surface area contributed by atoms with E-state index in [0.29, 0.717) is 5.82 Å². The Labute approximate surface area is 149 Å². The van der Waals surface area contributed by atoms with Gasteiger partial charge in [-0.05, 0) is 49.5 Å². The van der Waals surface area contributed by atoms with Crippen molar-refractivity contribution in [3.05, 3.63) is 53.7 Å². The van der Waals surface area contributed by atoms with Gasteiger partial charge >= 0.3 is 0 Å². The van der Waals surface area contributed by atoms with Gasteiger partial charge in [-0.1, -0.05) is 24.3 Å². The Bertz CT molecular complexity index is 838. The van der Waals surface area contributed by atoms with Gasteiger partial charge in [0.1, 0.15) is 0 Å². The van der Waals surface area contributed by atoms with Gasteiger partial charge in [-0.15, -0.1) is 16.4 Å². The van der Waals surface area contributed by atoms with Crippen molar-refractivity contribution in [1.29, 1.82) is 0 Å². The molecule has 0 aliphatic carbocycles. The number of rotatable bonds is 4. The minimum absolute atomic E-state index is 0.183. The molecule has 6 nitrogen and oxygen atoms in total. The number of thiophene rings is 1. The number of benzene rings is 1. The summed E-state index contributed by atoms with van der Waals surface area (Å²) in [5.74, 6) is 0.696. The Balaban J connectivity index is 1.66. The normalized spacial score (nSPS) is 15.2. The van der Waals surface area contributed by atoms with Crippen LogP contribution < -0.4 is 10.6 Å². The highest BCUT2D eigenvalue weighted by Crippen LogP contribution is 2.25. The number of hydrogen-bond donors (Lipinski definition) is 2. The van der Waals surface area contributed by atoms with E-state index in [2.05, 4.69) is 20.7 Å². The third kappa shape index (κ3) is 3.47. The molecule has 0 unspecified atom stereocenters. The predicted octanol–water partition coefficient (Wildman–Crippen LogP) is 2.48. The van der Waals surface area contributed by atoms with Crippen LogP contribution in [0.1, 0.15) is 23.5 Å². The van der Waals surface area contributed by atoms with E-state index in [1.54, 1.807) is 16.0 Å². The summed E-state index contributed by atoms with van der Waals surface area (Å²) in [4.78, 5) is 18.1. The summed E-state index contributed by atoms with van der Waals surface area (Å²) in [5.41, 5.74) is 0.888. The standard InChI is InChI=1S/C18H19N5OS/c24-18(20-13-8-10-19-11-9-13)16-21-17(15-7-4-12-25-15)23(22-16)14-5-2-1-3-6-14/h1-7,12-13,19H,8-11H2,(H,20,24). The Kier molecular flexibility index (Phi) is 4.58. The fraction of sp³-hybridized carbons (Fsp3) is 0.278. The fourth-order valence-electron chi connectivity index (χ4n) is 2.94. The maximum atomic E-state index is 12.6. The highest BCUT2D eigenvalue weighted by atomic mass is 32.1. The minimum Gasteiger partial charge on any atom is -0.346 e. The van der Waals surface area contributed by atoms with Crippen LogP contribution in [0.15, 0.2) is 47.8 Å². The largest absolute Gasteiger partial charge is 0.346 e. The molecule has 25 heavy (non-hydrogen) atoms. The maximum absolute atomic E-state index is 12.6. The monoisotopic (exact) mass is 353 g/mol. The van der Waals surface area contributed by atoms with Crippen molar-refractivity contribution in [1.82, 2.24) is 25.4 Å². The molecule has 1 aromatic carbocycles. The van der Waals surface area contributed by atoms with E-state index in [-0.39, 0.29) is 17.8 Å². The van der Waals surface area contributed by atoms with Crippen molar-refractivity contribution in [2.75, 3.05) is 13.1 Å². The van der Waals surface area contributed by atoms with E-state index in [0.717, 1.165) is 36.5 Å². The van der Waals surface area contributed by atoms with Crippen molar-refractivity contribution >= 4 is 17.2 Å². The molecule has 128 valence electrons. The zero-order valence-corrected chi connectivity index (χ0v) is 14.5. The topological polar surface area (TPSA) is 71.8 Å². The first-order valence-corrected chi connectivity index (χ1v) is 9.27. The van der Waals surface area contributed by atoms with Crippen molar-refractivity contribution in [3.8, 4) is 16.4 Å². The summed E-state index contributed by atoms with van der Waals surface area (Å²) in [7, 11) is 0. The van der Waals surface area contributed by atoms with Crippen LogP contribution in [0, 0.1) is 0 Å². The van der Waals surface area contributed by atoms with Crippen LogP contribution in [0.25, 0.3) is 16.4 Å². The summed E-state index contributed by atoms with van der Waals surface area (Å²) < 4.78 is 1.74. The lowest BCUT2D eigenvalue weighted by Gasteiger charge is -2.22. The van der Waals surface area contributed by atoms with Crippen molar-refractivity contribution in [3.63, 3.8) is 0 Å². The van der Waals surface area contributed by atoms with Gasteiger partial charge in [0.15, 0.2) is 5.82 Å². The van der Waals surface area contributed by atoms with Crippen LogP contribution >= 0.6 is 11.3 Å². The molecule has 0 bridgehead atoms. The Morgan fingerprint density at radius 1 is 1.16 bits per heavy atom. The molecule has 1 fully saturated rings. The lowest BCUT2D eigenvalue weighted by atomic mass is 10.1. The van der Waals surface area contributed by atoms with Crippen LogP contribution in [-0.4, -0.2) is 39.8 Å². The van der Waals surface area contributed by atoms with Gasteiger partial charge in [0.05, 0.1) is 10.6 Å². The summed E-state index contributed by atoms with van der Waals surface area (Å²) in [5, 5.41) is 12.8. The van der Waals surface area contributed by atoms with E-state index in [9.17, 15) is 4.79 Å². The van der Waals surface area contributed by atoms with Gasteiger partial charge in [0.25, 0.3) is 5.91 Å². The molecule has 0 atom stereocenters. The summed E-state index contributed by atoms with van der Waals surface area (Å²) in [6.45, 7) is 1.86. The van der Waals surface area contributed by atoms with Crippen molar-refractivity contribution < 1.29 is 4.79 Å². The fourth-order valence-corrected chi connectivity index (χ4v) is 3.64. The van der Waals surface area contributed by atoms with Crippen LogP contribution in [0.4, 0.5) is 0 Å². The molecule has 1 aliphatic heterocycles. The van der Waals surface area contributed by atoms with E-state index in [1.807, 2.05) is 47.8 Å². The first kappa shape index (κ1) is 16.0. The Morgan fingerprint density at radius 2 is 1.96 bits per heavy atom. The van der Waals surface area contributed by atoms with Crippen LogP contribution in [0.5, 0.6) is 0 Å². The molecule has 2 aromatic heterocycles. The highest BCUT2D eigenvalue weighted by molar-refractivity contribution is 7.13. The number of carbonyl (C=O) groups is 1. The molecule has 3 aromatic rings. The van der Waals surface area contributed by atoms with E-state index < -0.39 is 0 Å². The molecule has 0 spiro atoms. The van der Waals surface area contributed by atoms with Gasteiger partial charge in [-0.25, -0.2) is 9.67 Å². The van der Waals surface area contributed by atoms with Gasteiger partial charge in [0.2, 0.25) is 5.82 Å². The van der Waals surface area contributed by atoms with Crippen LogP contribution in [0.2, 0.25) is 0 Å². The summed E-state index contributed by atoms with van der Waals surface area (Å²) in [6.07, 6.45) is 1.87. The zero-order chi connectivity index (χ0) is 17.1. The van der Waals surface area contributed by atoms with Gasteiger partial charge in [0, 0.05) is 6.04 Å². The van der Waals surface area contributed by atoms with E-state index >= 15 is 0 Å². The van der Waals surface area contributed by atoms with Gasteiger partial charge < -0.3 is 10.6 Å². The number of piperidine rings is 1. The summed E-state index contributed by atoms with van der Waals surface area (Å²) >= 11 is 1.58. The first-order valence-electron chi connectivity index (χ1n) is 8.39. The molecular weight excluding hydrogens is 334 g/mol.